The lowest BCUT2D eigenvalue weighted by Gasteiger charge is -2.38. The lowest BCUT2D eigenvalue weighted by molar-refractivity contribution is 0.0573. The first-order chi connectivity index (χ1) is 10.9. The Kier molecular flexibility index (Phi) is 7.66. The molecule has 2 rings (SSSR count). The highest BCUT2D eigenvalue weighted by molar-refractivity contribution is 7.89. The Labute approximate surface area is 150 Å². The number of sulfonamides is 1. The molecule has 24 heavy (non-hydrogen) atoms. The fraction of sp³-hybridized carbons (Fsp3) is 0.562. The summed E-state index contributed by atoms with van der Waals surface area (Å²) in [5.41, 5.74) is 6.30. The van der Waals surface area contributed by atoms with Crippen LogP contribution < -0.4 is 10.5 Å². The predicted molar refractivity (Wildman–Crippen MR) is 96.8 cm³/mol. The molecule has 1 fully saturated rings. The number of amides is 1. The van der Waals surface area contributed by atoms with Gasteiger partial charge >= 0.3 is 0 Å². The average Bonchev–Trinajstić information content (AvgIpc) is 2.54. The van der Waals surface area contributed by atoms with Crippen LogP contribution in [-0.4, -0.2) is 44.9 Å². The van der Waals surface area contributed by atoms with E-state index in [1.807, 2.05) is 4.90 Å². The van der Waals surface area contributed by atoms with Gasteiger partial charge in [-0.25, -0.2) is 13.1 Å². The number of halogens is 1. The number of nitrogens with one attached hydrogen (secondary N) is 1. The van der Waals surface area contributed by atoms with Crippen molar-refractivity contribution in [2.45, 2.75) is 37.6 Å². The zero-order valence-electron chi connectivity index (χ0n) is 14.1. The summed E-state index contributed by atoms with van der Waals surface area (Å²) < 4.78 is 26.3. The molecule has 2 unspecified atom stereocenters. The Morgan fingerprint density at radius 2 is 1.96 bits per heavy atom. The Hall–Kier alpha value is -1.15. The number of benzene rings is 1. The Morgan fingerprint density at radius 3 is 2.50 bits per heavy atom. The Morgan fingerprint density at radius 1 is 1.33 bits per heavy atom. The minimum Gasteiger partial charge on any atom is -0.334 e. The second kappa shape index (κ2) is 8.80. The number of hydrogen-bond donors (Lipinski definition) is 2. The molecule has 1 amide bonds. The van der Waals surface area contributed by atoms with Gasteiger partial charge in [0.15, 0.2) is 0 Å². The van der Waals surface area contributed by atoms with Gasteiger partial charge in [0.25, 0.3) is 5.91 Å². The lowest BCUT2D eigenvalue weighted by atomic mass is 9.92. The minimum absolute atomic E-state index is 0. The molecule has 0 aliphatic carbocycles. The van der Waals surface area contributed by atoms with Crippen molar-refractivity contribution < 1.29 is 13.2 Å². The maximum absolute atomic E-state index is 12.7. The fourth-order valence-electron chi connectivity index (χ4n) is 2.96. The van der Waals surface area contributed by atoms with E-state index in [2.05, 4.69) is 11.6 Å². The summed E-state index contributed by atoms with van der Waals surface area (Å²) in [7, 11) is -3.50. The maximum atomic E-state index is 12.7. The van der Waals surface area contributed by atoms with Crippen LogP contribution in [0.5, 0.6) is 0 Å². The number of piperidine rings is 1. The maximum Gasteiger partial charge on any atom is 0.254 e. The van der Waals surface area contributed by atoms with E-state index in [0.29, 0.717) is 31.1 Å². The Balaban J connectivity index is 0.00000288. The van der Waals surface area contributed by atoms with E-state index in [9.17, 15) is 13.2 Å². The zero-order valence-corrected chi connectivity index (χ0v) is 15.7. The average molecular weight is 376 g/mol. The first kappa shape index (κ1) is 20.9. The SMILES string of the molecule is CCNS(=O)(=O)c1ccc(C(=O)N2CCC(C)CC2CN)cc1.Cl. The molecule has 1 aromatic carbocycles. The van der Waals surface area contributed by atoms with Gasteiger partial charge in [-0.2, -0.15) is 0 Å². The molecule has 0 saturated carbocycles. The number of carbonyl (C=O) groups is 1. The first-order valence-corrected chi connectivity index (χ1v) is 9.48. The van der Waals surface area contributed by atoms with E-state index in [1.165, 1.54) is 12.1 Å². The third kappa shape index (κ3) is 4.69. The molecule has 0 spiro atoms. The number of likely N-dealkylation sites (tertiary alicyclic amines) is 1. The number of carbonyl (C=O) groups excluding carboxylic acids is 1. The van der Waals surface area contributed by atoms with Crippen LogP contribution in [0.4, 0.5) is 0 Å². The van der Waals surface area contributed by atoms with Crippen molar-refractivity contribution >= 4 is 28.3 Å². The van der Waals surface area contributed by atoms with Crippen LogP contribution >= 0.6 is 12.4 Å². The van der Waals surface area contributed by atoms with Crippen molar-refractivity contribution in [3.05, 3.63) is 29.8 Å². The summed E-state index contributed by atoms with van der Waals surface area (Å²) in [4.78, 5) is 14.6. The normalized spacial score (nSPS) is 21.2. The van der Waals surface area contributed by atoms with Gasteiger partial charge in [-0.3, -0.25) is 4.79 Å². The van der Waals surface area contributed by atoms with E-state index in [4.69, 9.17) is 5.73 Å². The summed E-state index contributed by atoms with van der Waals surface area (Å²) >= 11 is 0. The summed E-state index contributed by atoms with van der Waals surface area (Å²) in [6, 6.07) is 6.12. The van der Waals surface area contributed by atoms with E-state index in [1.54, 1.807) is 19.1 Å². The molecule has 1 saturated heterocycles. The number of hydrogen-bond acceptors (Lipinski definition) is 4. The molecule has 0 radical (unpaired) electrons. The van der Waals surface area contributed by atoms with E-state index >= 15 is 0 Å². The Bertz CT molecular complexity index is 649. The van der Waals surface area contributed by atoms with Crippen LogP contribution in [-0.2, 0) is 10.0 Å². The summed E-state index contributed by atoms with van der Waals surface area (Å²) in [6.07, 6.45) is 1.88. The van der Waals surface area contributed by atoms with Crippen molar-refractivity contribution in [3.8, 4) is 0 Å². The zero-order chi connectivity index (χ0) is 17.0. The van der Waals surface area contributed by atoms with Gasteiger partial charge in [0.1, 0.15) is 0 Å². The van der Waals surface area contributed by atoms with E-state index in [-0.39, 0.29) is 29.3 Å². The van der Waals surface area contributed by atoms with Gasteiger partial charge in [-0.1, -0.05) is 13.8 Å². The standard InChI is InChI=1S/C16H25N3O3S.ClH/c1-3-18-23(21,22)15-6-4-13(5-7-15)16(20)19-9-8-12(2)10-14(19)11-17;/h4-7,12,14,18H,3,8-11,17H2,1-2H3;1H. The quantitative estimate of drug-likeness (QED) is 0.817. The van der Waals surface area contributed by atoms with Gasteiger partial charge < -0.3 is 10.6 Å². The minimum atomic E-state index is -3.50. The fourth-order valence-corrected chi connectivity index (χ4v) is 4.00. The summed E-state index contributed by atoms with van der Waals surface area (Å²) in [5, 5.41) is 0. The highest BCUT2D eigenvalue weighted by Crippen LogP contribution is 2.24. The molecule has 2 atom stereocenters. The number of rotatable bonds is 5. The molecule has 8 heteroatoms. The molecular weight excluding hydrogens is 350 g/mol. The summed E-state index contributed by atoms with van der Waals surface area (Å²) in [5.74, 6) is 0.486. The number of nitrogens with zero attached hydrogens (tertiary/aromatic N) is 1. The van der Waals surface area contributed by atoms with Crippen LogP contribution in [0.25, 0.3) is 0 Å². The van der Waals surface area contributed by atoms with Gasteiger partial charge in [-0.05, 0) is 43.0 Å². The lowest BCUT2D eigenvalue weighted by Crippen LogP contribution is -2.49. The second-order valence-electron chi connectivity index (χ2n) is 6.04. The van der Waals surface area contributed by atoms with Gasteiger partial charge in [0, 0.05) is 31.2 Å². The molecule has 3 N–H and O–H groups in total. The van der Waals surface area contributed by atoms with Crippen LogP contribution in [0.15, 0.2) is 29.2 Å². The monoisotopic (exact) mass is 375 g/mol. The third-order valence-electron chi connectivity index (χ3n) is 4.26. The van der Waals surface area contributed by atoms with Crippen LogP contribution in [0.1, 0.15) is 37.0 Å². The van der Waals surface area contributed by atoms with Crippen LogP contribution in [0, 0.1) is 5.92 Å². The summed E-state index contributed by atoms with van der Waals surface area (Å²) in [6.45, 7) is 5.36. The molecular formula is C16H26ClN3O3S. The first-order valence-electron chi connectivity index (χ1n) is 7.99. The van der Waals surface area contributed by atoms with Crippen molar-refractivity contribution in [1.29, 1.82) is 0 Å². The largest absolute Gasteiger partial charge is 0.334 e. The molecule has 1 aromatic rings. The molecule has 6 nitrogen and oxygen atoms in total. The topological polar surface area (TPSA) is 92.5 Å². The van der Waals surface area contributed by atoms with Crippen molar-refractivity contribution in [2.75, 3.05) is 19.6 Å². The van der Waals surface area contributed by atoms with Crippen LogP contribution in [0.3, 0.4) is 0 Å². The second-order valence-corrected chi connectivity index (χ2v) is 7.81. The van der Waals surface area contributed by atoms with Gasteiger partial charge in [0.05, 0.1) is 4.90 Å². The van der Waals surface area contributed by atoms with Crippen molar-refractivity contribution in [2.24, 2.45) is 11.7 Å². The molecule has 0 bridgehead atoms. The van der Waals surface area contributed by atoms with Gasteiger partial charge in [0.2, 0.25) is 10.0 Å². The highest BCUT2D eigenvalue weighted by atomic mass is 35.5. The highest BCUT2D eigenvalue weighted by Gasteiger charge is 2.29. The molecule has 0 aromatic heterocycles. The van der Waals surface area contributed by atoms with Crippen molar-refractivity contribution in [3.63, 3.8) is 0 Å². The van der Waals surface area contributed by atoms with E-state index in [0.717, 1.165) is 12.8 Å². The molecule has 1 heterocycles. The third-order valence-corrected chi connectivity index (χ3v) is 5.82. The smallest absolute Gasteiger partial charge is 0.254 e. The molecule has 1 aliphatic rings. The molecule has 136 valence electrons. The van der Waals surface area contributed by atoms with E-state index < -0.39 is 10.0 Å². The predicted octanol–water partition coefficient (Wildman–Crippen LogP) is 1.61. The van der Waals surface area contributed by atoms with Crippen molar-refractivity contribution in [1.82, 2.24) is 9.62 Å². The van der Waals surface area contributed by atoms with Gasteiger partial charge in [-0.15, -0.1) is 12.4 Å². The molecule has 1 aliphatic heterocycles. The van der Waals surface area contributed by atoms with Crippen LogP contribution in [0.2, 0.25) is 0 Å². The number of nitrogens with two attached hydrogens (primary N) is 1.